The number of hydrogen-bond acceptors (Lipinski definition) is 7. The van der Waals surface area contributed by atoms with Crippen LogP contribution in [0.3, 0.4) is 0 Å². The van der Waals surface area contributed by atoms with Gasteiger partial charge in [0.05, 0.1) is 30.9 Å². The third kappa shape index (κ3) is 6.53. The Bertz CT molecular complexity index is 1650. The number of amides is 3. The van der Waals surface area contributed by atoms with E-state index in [1.807, 2.05) is 55.5 Å². The number of carbonyl (C=O) groups excluding carboxylic acids is 3. The quantitative estimate of drug-likeness (QED) is 0.218. The van der Waals surface area contributed by atoms with Gasteiger partial charge < -0.3 is 19.5 Å². The highest BCUT2D eigenvalue weighted by molar-refractivity contribution is 8.18. The Morgan fingerprint density at radius 2 is 1.66 bits per heavy atom. The topological polar surface area (TPSA) is 94.2 Å². The summed E-state index contributed by atoms with van der Waals surface area (Å²) < 4.78 is 16.7. The number of fused-ring (bicyclic) bond motifs is 1. The van der Waals surface area contributed by atoms with Crippen LogP contribution in [0, 0.1) is 0 Å². The van der Waals surface area contributed by atoms with Crippen molar-refractivity contribution in [2.75, 3.05) is 25.6 Å². The number of nitrogens with one attached hydrogen (secondary N) is 1. The van der Waals surface area contributed by atoms with Gasteiger partial charge in [0.1, 0.15) is 5.75 Å². The van der Waals surface area contributed by atoms with Crippen molar-refractivity contribution in [3.63, 3.8) is 0 Å². The van der Waals surface area contributed by atoms with E-state index in [1.165, 1.54) is 12.0 Å². The second-order valence-electron chi connectivity index (χ2n) is 9.13. The summed E-state index contributed by atoms with van der Waals surface area (Å²) in [7, 11) is 1.53. The highest BCUT2D eigenvalue weighted by Crippen LogP contribution is 2.36. The highest BCUT2D eigenvalue weighted by atomic mass is 32.2. The van der Waals surface area contributed by atoms with Crippen molar-refractivity contribution in [2.45, 2.75) is 13.5 Å². The van der Waals surface area contributed by atoms with Crippen LogP contribution in [0.4, 0.5) is 10.5 Å². The second-order valence-corrected chi connectivity index (χ2v) is 10.1. The van der Waals surface area contributed by atoms with Crippen molar-refractivity contribution < 1.29 is 28.6 Å². The number of thioether (sulfide) groups is 1. The maximum Gasteiger partial charge on any atom is 0.293 e. The van der Waals surface area contributed by atoms with Crippen LogP contribution in [0.1, 0.15) is 18.1 Å². The first-order valence-electron chi connectivity index (χ1n) is 13.0. The minimum atomic E-state index is -0.360. The van der Waals surface area contributed by atoms with Gasteiger partial charge in [-0.15, -0.1) is 0 Å². The molecule has 0 radical (unpaired) electrons. The standard InChI is InChI=1S/C32H28N2O6S/c1-3-39-28-17-21(13-15-27(28)40-20-30(35)33-25-10-6-7-11-26(25)38-2)18-29-31(36)34(32(37)41-29)19-22-12-14-23-8-4-5-9-24(23)16-22/h4-18H,3,19-20H2,1-2H3,(H,33,35)/b29-18+. The number of benzene rings is 4. The molecular formula is C32H28N2O6S. The van der Waals surface area contributed by atoms with E-state index in [2.05, 4.69) is 5.32 Å². The van der Waals surface area contributed by atoms with Crippen molar-refractivity contribution in [3.8, 4) is 17.2 Å². The molecule has 1 fully saturated rings. The molecule has 9 heteroatoms. The highest BCUT2D eigenvalue weighted by Gasteiger charge is 2.35. The molecule has 1 saturated heterocycles. The number of carbonyl (C=O) groups is 3. The maximum absolute atomic E-state index is 13.1. The molecule has 4 aromatic carbocycles. The minimum Gasteiger partial charge on any atom is -0.495 e. The van der Waals surface area contributed by atoms with Crippen LogP contribution in [-0.4, -0.2) is 42.3 Å². The van der Waals surface area contributed by atoms with Crippen LogP contribution in [0.15, 0.2) is 89.8 Å². The summed E-state index contributed by atoms with van der Waals surface area (Å²) in [5.74, 6) is 0.632. The zero-order valence-corrected chi connectivity index (χ0v) is 23.4. The predicted octanol–water partition coefficient (Wildman–Crippen LogP) is 6.50. The smallest absolute Gasteiger partial charge is 0.293 e. The second kappa shape index (κ2) is 12.6. The largest absolute Gasteiger partial charge is 0.495 e. The Hall–Kier alpha value is -4.76. The van der Waals surface area contributed by atoms with Crippen LogP contribution in [0.5, 0.6) is 17.2 Å². The molecule has 0 aromatic heterocycles. The molecule has 0 saturated carbocycles. The summed E-state index contributed by atoms with van der Waals surface area (Å²) in [5, 5.41) is 4.60. The lowest BCUT2D eigenvalue weighted by molar-refractivity contribution is -0.123. The Balaban J connectivity index is 1.27. The summed E-state index contributed by atoms with van der Waals surface area (Å²) in [4.78, 5) is 39.9. The molecule has 208 valence electrons. The first-order valence-corrected chi connectivity index (χ1v) is 13.8. The molecule has 4 aromatic rings. The van der Waals surface area contributed by atoms with E-state index in [9.17, 15) is 14.4 Å². The SMILES string of the molecule is CCOc1cc(/C=C2/SC(=O)N(Cc3ccc4ccccc4c3)C2=O)ccc1OCC(=O)Nc1ccccc1OC. The fraction of sp³-hybridized carbons (Fsp3) is 0.156. The Morgan fingerprint density at radius 3 is 2.46 bits per heavy atom. The van der Waals surface area contributed by atoms with Gasteiger partial charge >= 0.3 is 0 Å². The lowest BCUT2D eigenvalue weighted by atomic mass is 10.1. The van der Waals surface area contributed by atoms with Gasteiger partial charge in [0.25, 0.3) is 17.1 Å². The van der Waals surface area contributed by atoms with Gasteiger partial charge in [-0.2, -0.15) is 0 Å². The van der Waals surface area contributed by atoms with Crippen LogP contribution in [0.25, 0.3) is 16.8 Å². The van der Waals surface area contributed by atoms with Gasteiger partial charge in [-0.05, 0) is 77.0 Å². The predicted molar refractivity (Wildman–Crippen MR) is 160 cm³/mol. The number of ether oxygens (including phenoxy) is 3. The van der Waals surface area contributed by atoms with E-state index in [1.54, 1.807) is 42.5 Å². The molecule has 0 atom stereocenters. The zero-order chi connectivity index (χ0) is 28.8. The monoisotopic (exact) mass is 568 g/mol. The molecule has 1 aliphatic heterocycles. The van der Waals surface area contributed by atoms with Gasteiger partial charge in [-0.1, -0.05) is 54.6 Å². The van der Waals surface area contributed by atoms with Crippen molar-refractivity contribution in [2.24, 2.45) is 0 Å². The molecule has 5 rings (SSSR count). The molecule has 0 spiro atoms. The molecular weight excluding hydrogens is 540 g/mol. The van der Waals surface area contributed by atoms with E-state index in [0.717, 1.165) is 28.1 Å². The Labute approximate surface area is 241 Å². The number of nitrogens with zero attached hydrogens (tertiary/aromatic N) is 1. The Morgan fingerprint density at radius 1 is 0.878 bits per heavy atom. The van der Waals surface area contributed by atoms with Crippen LogP contribution >= 0.6 is 11.8 Å². The van der Waals surface area contributed by atoms with E-state index in [0.29, 0.717) is 40.0 Å². The molecule has 1 aliphatic rings. The van der Waals surface area contributed by atoms with E-state index < -0.39 is 0 Å². The summed E-state index contributed by atoms with van der Waals surface area (Å²) in [6.45, 7) is 2.16. The van der Waals surface area contributed by atoms with Crippen molar-refractivity contribution >= 4 is 51.4 Å². The molecule has 0 unspecified atom stereocenters. The summed E-state index contributed by atoms with van der Waals surface area (Å²) in [6, 6.07) is 26.1. The molecule has 8 nitrogen and oxygen atoms in total. The first kappa shape index (κ1) is 27.8. The summed E-state index contributed by atoms with van der Waals surface area (Å²) in [5.41, 5.74) is 2.08. The average Bonchev–Trinajstić information content (AvgIpc) is 3.24. The third-order valence-electron chi connectivity index (χ3n) is 6.33. The summed E-state index contributed by atoms with van der Waals surface area (Å²) in [6.07, 6.45) is 1.66. The van der Waals surface area contributed by atoms with Gasteiger partial charge in [0.15, 0.2) is 18.1 Å². The van der Waals surface area contributed by atoms with Gasteiger partial charge in [-0.25, -0.2) is 0 Å². The maximum atomic E-state index is 13.1. The number of para-hydroxylation sites is 2. The van der Waals surface area contributed by atoms with Crippen molar-refractivity contribution in [1.82, 2.24) is 4.90 Å². The molecule has 0 aliphatic carbocycles. The van der Waals surface area contributed by atoms with Crippen LogP contribution in [0.2, 0.25) is 0 Å². The average molecular weight is 569 g/mol. The molecule has 1 N–H and O–H groups in total. The number of imide groups is 1. The first-order chi connectivity index (χ1) is 19.9. The molecule has 1 heterocycles. The van der Waals surface area contributed by atoms with E-state index in [4.69, 9.17) is 14.2 Å². The molecule has 0 bridgehead atoms. The fourth-order valence-electron chi connectivity index (χ4n) is 4.39. The normalized spacial score (nSPS) is 14.0. The number of rotatable bonds is 10. The van der Waals surface area contributed by atoms with Crippen molar-refractivity contribution in [3.05, 3.63) is 101 Å². The van der Waals surface area contributed by atoms with Crippen LogP contribution in [-0.2, 0) is 16.1 Å². The van der Waals surface area contributed by atoms with E-state index >= 15 is 0 Å². The lowest BCUT2D eigenvalue weighted by Crippen LogP contribution is -2.27. The lowest BCUT2D eigenvalue weighted by Gasteiger charge is -2.14. The van der Waals surface area contributed by atoms with Gasteiger partial charge in [0.2, 0.25) is 0 Å². The van der Waals surface area contributed by atoms with Crippen molar-refractivity contribution in [1.29, 1.82) is 0 Å². The Kier molecular flexibility index (Phi) is 8.55. The third-order valence-corrected chi connectivity index (χ3v) is 7.24. The fourth-order valence-corrected chi connectivity index (χ4v) is 5.23. The zero-order valence-electron chi connectivity index (χ0n) is 22.6. The van der Waals surface area contributed by atoms with Gasteiger partial charge in [-0.3, -0.25) is 19.3 Å². The van der Waals surface area contributed by atoms with Gasteiger partial charge in [0, 0.05) is 0 Å². The number of anilines is 1. The molecule has 3 amide bonds. The van der Waals surface area contributed by atoms with Crippen LogP contribution < -0.4 is 19.5 Å². The van der Waals surface area contributed by atoms with E-state index in [-0.39, 0.29) is 30.2 Å². The number of methoxy groups -OCH3 is 1. The number of hydrogen-bond donors (Lipinski definition) is 1. The minimum absolute atomic E-state index is 0.195. The molecule has 41 heavy (non-hydrogen) atoms. The summed E-state index contributed by atoms with van der Waals surface area (Å²) >= 11 is 0.904.